The molecule has 0 aliphatic carbocycles. The lowest BCUT2D eigenvalue weighted by Gasteiger charge is -2.35. The lowest BCUT2D eigenvalue weighted by atomic mass is 9.94. The number of nitrogens with zero attached hydrogens (tertiary/aromatic N) is 1. The first-order valence-corrected chi connectivity index (χ1v) is 9.99. The Balaban J connectivity index is 2.20. The first-order chi connectivity index (χ1) is 11.0. The van der Waals surface area contributed by atoms with Crippen LogP contribution in [0.25, 0.3) is 0 Å². The predicted octanol–water partition coefficient (Wildman–Crippen LogP) is 3.50. The van der Waals surface area contributed by atoms with Gasteiger partial charge in [-0.2, -0.15) is 23.5 Å². The SMILES string of the molecule is C=C(Cl)CON=C(CC)C1=C(O)CC2(CSCCSC2)OC1=O. The van der Waals surface area contributed by atoms with Crippen LogP contribution in [0.1, 0.15) is 19.8 Å². The van der Waals surface area contributed by atoms with E-state index in [1.165, 1.54) is 0 Å². The Morgan fingerprint density at radius 2 is 2.13 bits per heavy atom. The number of oxime groups is 1. The summed E-state index contributed by atoms with van der Waals surface area (Å²) in [6.45, 7) is 5.37. The highest BCUT2D eigenvalue weighted by molar-refractivity contribution is 8.03. The van der Waals surface area contributed by atoms with E-state index in [2.05, 4.69) is 11.7 Å². The van der Waals surface area contributed by atoms with Crippen molar-refractivity contribution in [3.05, 3.63) is 22.9 Å². The predicted molar refractivity (Wildman–Crippen MR) is 96.4 cm³/mol. The van der Waals surface area contributed by atoms with E-state index in [-0.39, 0.29) is 17.9 Å². The fraction of sp³-hybridized carbons (Fsp3) is 0.600. The number of thioether (sulfide) groups is 2. The molecule has 1 N–H and O–H groups in total. The molecular weight excluding hydrogens is 358 g/mol. The summed E-state index contributed by atoms with van der Waals surface area (Å²) in [5.41, 5.74) is -0.160. The molecule has 0 aromatic heterocycles. The van der Waals surface area contributed by atoms with Gasteiger partial charge < -0.3 is 14.7 Å². The van der Waals surface area contributed by atoms with Crippen LogP contribution in [0.15, 0.2) is 28.1 Å². The van der Waals surface area contributed by atoms with Crippen LogP contribution in [0, 0.1) is 0 Å². The van der Waals surface area contributed by atoms with Gasteiger partial charge in [-0.25, -0.2) is 4.79 Å². The number of rotatable bonds is 5. The Morgan fingerprint density at radius 1 is 1.48 bits per heavy atom. The second kappa shape index (κ2) is 8.35. The van der Waals surface area contributed by atoms with Gasteiger partial charge in [0, 0.05) is 29.4 Å². The first-order valence-electron chi connectivity index (χ1n) is 7.31. The summed E-state index contributed by atoms with van der Waals surface area (Å²) in [7, 11) is 0. The van der Waals surface area contributed by atoms with Gasteiger partial charge in [0.15, 0.2) is 6.61 Å². The van der Waals surface area contributed by atoms with Crippen molar-refractivity contribution >= 4 is 46.8 Å². The van der Waals surface area contributed by atoms with Gasteiger partial charge in [-0.05, 0) is 6.42 Å². The number of ether oxygens (including phenoxy) is 1. The molecule has 23 heavy (non-hydrogen) atoms. The fourth-order valence-electron chi connectivity index (χ4n) is 2.38. The highest BCUT2D eigenvalue weighted by atomic mass is 35.5. The largest absolute Gasteiger partial charge is 0.511 e. The van der Waals surface area contributed by atoms with E-state index in [0.29, 0.717) is 35.1 Å². The molecule has 2 heterocycles. The van der Waals surface area contributed by atoms with Gasteiger partial charge in [-0.1, -0.05) is 30.3 Å². The summed E-state index contributed by atoms with van der Waals surface area (Å²) < 4.78 is 5.71. The van der Waals surface area contributed by atoms with E-state index in [9.17, 15) is 9.90 Å². The number of carbonyl (C=O) groups is 1. The lowest BCUT2D eigenvalue weighted by molar-refractivity contribution is -0.152. The maximum atomic E-state index is 12.4. The van der Waals surface area contributed by atoms with Crippen LogP contribution in [0.4, 0.5) is 0 Å². The average Bonchev–Trinajstić information content (AvgIpc) is 2.70. The zero-order chi connectivity index (χ0) is 16.9. The monoisotopic (exact) mass is 377 g/mol. The minimum absolute atomic E-state index is 0.0262. The van der Waals surface area contributed by atoms with E-state index in [1.54, 1.807) is 23.5 Å². The zero-order valence-corrected chi connectivity index (χ0v) is 15.4. The molecule has 2 aliphatic rings. The number of carbonyl (C=O) groups excluding carboxylic acids is 1. The minimum Gasteiger partial charge on any atom is -0.511 e. The van der Waals surface area contributed by atoms with Crippen LogP contribution in [0.2, 0.25) is 0 Å². The number of hydrogen-bond acceptors (Lipinski definition) is 7. The van der Waals surface area contributed by atoms with E-state index < -0.39 is 11.6 Å². The van der Waals surface area contributed by atoms with Gasteiger partial charge in [0.2, 0.25) is 0 Å². The molecule has 0 radical (unpaired) electrons. The van der Waals surface area contributed by atoms with E-state index in [4.69, 9.17) is 21.2 Å². The lowest BCUT2D eigenvalue weighted by Crippen LogP contribution is -2.45. The number of hydrogen-bond donors (Lipinski definition) is 1. The number of aliphatic hydroxyl groups excluding tert-OH is 1. The van der Waals surface area contributed by atoms with Crippen molar-refractivity contribution in [3.8, 4) is 0 Å². The summed E-state index contributed by atoms with van der Waals surface area (Å²) in [6.07, 6.45) is 0.745. The van der Waals surface area contributed by atoms with Crippen molar-refractivity contribution in [3.63, 3.8) is 0 Å². The van der Waals surface area contributed by atoms with Crippen molar-refractivity contribution in [1.82, 2.24) is 0 Å². The summed E-state index contributed by atoms with van der Waals surface area (Å²) in [5.74, 6) is 2.94. The van der Waals surface area contributed by atoms with Crippen molar-refractivity contribution in [2.45, 2.75) is 25.4 Å². The summed E-state index contributed by atoms with van der Waals surface area (Å²) in [5, 5.41) is 14.6. The molecular formula is C15H20ClNO4S2. The van der Waals surface area contributed by atoms with Gasteiger partial charge in [0.25, 0.3) is 0 Å². The van der Waals surface area contributed by atoms with Crippen molar-refractivity contribution in [1.29, 1.82) is 0 Å². The van der Waals surface area contributed by atoms with E-state index >= 15 is 0 Å². The van der Waals surface area contributed by atoms with Crippen molar-refractivity contribution in [2.75, 3.05) is 29.6 Å². The van der Waals surface area contributed by atoms with Gasteiger partial charge in [-0.15, -0.1) is 0 Å². The highest BCUT2D eigenvalue weighted by Crippen LogP contribution is 2.37. The zero-order valence-electron chi connectivity index (χ0n) is 13.0. The third-order valence-electron chi connectivity index (χ3n) is 3.41. The first kappa shape index (κ1) is 18.5. The molecule has 0 aromatic carbocycles. The molecule has 1 fully saturated rings. The van der Waals surface area contributed by atoms with Crippen molar-refractivity contribution < 1.29 is 19.5 Å². The molecule has 0 bridgehead atoms. The summed E-state index contributed by atoms with van der Waals surface area (Å²) in [6, 6.07) is 0. The maximum absolute atomic E-state index is 12.4. The molecule has 0 saturated carbocycles. The standard InChI is InChI=1S/C15H20ClNO4S2/c1-3-11(17-20-7-10(2)16)13-12(18)6-15(21-14(13)19)8-22-4-5-23-9-15/h18H,2-9H2,1H3. The van der Waals surface area contributed by atoms with Crippen LogP contribution in [0.3, 0.4) is 0 Å². The van der Waals surface area contributed by atoms with Gasteiger partial charge in [0.05, 0.1) is 10.7 Å². The quantitative estimate of drug-likeness (QED) is 0.449. The van der Waals surface area contributed by atoms with Gasteiger partial charge in [0.1, 0.15) is 16.9 Å². The topological polar surface area (TPSA) is 68.1 Å². The fourth-order valence-corrected chi connectivity index (χ4v) is 5.06. The molecule has 0 unspecified atom stereocenters. The van der Waals surface area contributed by atoms with Crippen LogP contribution >= 0.6 is 35.1 Å². The van der Waals surface area contributed by atoms with Crippen LogP contribution in [-0.4, -0.2) is 52.0 Å². The van der Waals surface area contributed by atoms with E-state index in [0.717, 1.165) is 11.5 Å². The second-order valence-electron chi connectivity index (χ2n) is 5.36. The molecule has 2 aliphatic heterocycles. The summed E-state index contributed by atoms with van der Waals surface area (Å²) in [4.78, 5) is 17.5. The van der Waals surface area contributed by atoms with Crippen LogP contribution in [-0.2, 0) is 14.4 Å². The maximum Gasteiger partial charge on any atom is 0.344 e. The third kappa shape index (κ3) is 4.84. The molecule has 1 spiro atoms. The Labute approximate surface area is 149 Å². The molecule has 0 aromatic rings. The molecule has 5 nitrogen and oxygen atoms in total. The number of aliphatic hydroxyl groups is 1. The molecule has 128 valence electrons. The van der Waals surface area contributed by atoms with Gasteiger partial charge >= 0.3 is 5.97 Å². The molecule has 2 rings (SSSR count). The molecule has 0 amide bonds. The Kier molecular flexibility index (Phi) is 6.73. The van der Waals surface area contributed by atoms with Gasteiger partial charge in [-0.3, -0.25) is 0 Å². The molecule has 1 saturated heterocycles. The minimum atomic E-state index is -0.624. The number of halogens is 1. The number of esters is 1. The molecule has 0 atom stereocenters. The third-order valence-corrected chi connectivity index (χ3v) is 6.23. The molecule has 8 heteroatoms. The smallest absolute Gasteiger partial charge is 0.344 e. The summed E-state index contributed by atoms with van der Waals surface area (Å²) >= 11 is 9.11. The highest BCUT2D eigenvalue weighted by Gasteiger charge is 2.43. The van der Waals surface area contributed by atoms with E-state index in [1.807, 2.05) is 6.92 Å². The Hall–Kier alpha value is -0.790. The Morgan fingerprint density at radius 3 is 2.65 bits per heavy atom. The normalized spacial score (nSPS) is 21.8. The second-order valence-corrected chi connectivity index (χ2v) is 8.10. The average molecular weight is 378 g/mol. The Bertz CT molecular complexity index is 540. The van der Waals surface area contributed by atoms with Crippen LogP contribution in [0.5, 0.6) is 0 Å². The van der Waals surface area contributed by atoms with Crippen molar-refractivity contribution in [2.24, 2.45) is 5.16 Å². The van der Waals surface area contributed by atoms with Crippen LogP contribution < -0.4 is 0 Å².